The van der Waals surface area contributed by atoms with E-state index in [2.05, 4.69) is 5.48 Å². The molecule has 0 aliphatic carbocycles. The molecule has 0 heterocycles. The molecule has 1 atom stereocenters. The van der Waals surface area contributed by atoms with Gasteiger partial charge in [-0.05, 0) is 20.3 Å². The summed E-state index contributed by atoms with van der Waals surface area (Å²) in [7, 11) is 0. The molecule has 1 unspecified atom stereocenters. The Morgan fingerprint density at radius 3 is 2.82 bits per heavy atom. The zero-order valence-electron chi connectivity index (χ0n) is 7.26. The molecule has 64 valence electrons. The minimum absolute atomic E-state index is 0.0733. The first-order valence-electron chi connectivity index (χ1n) is 3.79. The fraction of sp³-hybridized carbons (Fsp3) is 0.625. The van der Waals surface area contributed by atoms with Gasteiger partial charge in [0.2, 0.25) is 0 Å². The van der Waals surface area contributed by atoms with E-state index in [1.54, 1.807) is 13.0 Å². The standard InChI is InChI=1S/C8H15NO2/c1-4-6-8(10)9-11-7(3)5-2/h4,6-7H,5H2,1-3H3,(H,9,10)/b6-4+. The van der Waals surface area contributed by atoms with Gasteiger partial charge in [-0.1, -0.05) is 13.0 Å². The van der Waals surface area contributed by atoms with Crippen LogP contribution < -0.4 is 5.48 Å². The Morgan fingerprint density at radius 1 is 1.73 bits per heavy atom. The second-order valence-corrected chi connectivity index (χ2v) is 2.30. The van der Waals surface area contributed by atoms with E-state index in [-0.39, 0.29) is 12.0 Å². The van der Waals surface area contributed by atoms with Crippen molar-refractivity contribution in [1.29, 1.82) is 0 Å². The summed E-state index contributed by atoms with van der Waals surface area (Å²) < 4.78 is 0. The van der Waals surface area contributed by atoms with E-state index in [0.29, 0.717) is 0 Å². The van der Waals surface area contributed by atoms with Crippen LogP contribution in [0.25, 0.3) is 0 Å². The first kappa shape index (κ1) is 10.2. The quantitative estimate of drug-likeness (QED) is 0.495. The average molecular weight is 157 g/mol. The lowest BCUT2D eigenvalue weighted by Gasteiger charge is -2.08. The number of hydrogen-bond donors (Lipinski definition) is 1. The Labute approximate surface area is 67.4 Å². The summed E-state index contributed by atoms with van der Waals surface area (Å²) in [6.07, 6.45) is 4.04. The monoisotopic (exact) mass is 157 g/mol. The number of nitrogens with one attached hydrogen (secondary N) is 1. The van der Waals surface area contributed by atoms with Crippen molar-refractivity contribution in [2.45, 2.75) is 33.3 Å². The van der Waals surface area contributed by atoms with Crippen molar-refractivity contribution in [1.82, 2.24) is 5.48 Å². The maximum Gasteiger partial charge on any atom is 0.267 e. The van der Waals surface area contributed by atoms with Crippen LogP contribution in [0.2, 0.25) is 0 Å². The molecule has 1 N–H and O–H groups in total. The van der Waals surface area contributed by atoms with E-state index in [0.717, 1.165) is 6.42 Å². The smallest absolute Gasteiger partial charge is 0.267 e. The third-order valence-electron chi connectivity index (χ3n) is 1.25. The van der Waals surface area contributed by atoms with Crippen LogP contribution in [-0.2, 0) is 9.63 Å². The van der Waals surface area contributed by atoms with Gasteiger partial charge in [0.15, 0.2) is 0 Å². The van der Waals surface area contributed by atoms with E-state index >= 15 is 0 Å². The Balaban J connectivity index is 3.45. The molecule has 3 heteroatoms. The molecule has 0 aromatic heterocycles. The molecule has 0 aromatic rings. The van der Waals surface area contributed by atoms with Crippen molar-refractivity contribution in [2.75, 3.05) is 0 Å². The van der Waals surface area contributed by atoms with Gasteiger partial charge in [-0.25, -0.2) is 5.48 Å². The first-order valence-corrected chi connectivity index (χ1v) is 3.79. The number of hydroxylamine groups is 1. The van der Waals surface area contributed by atoms with Crippen LogP contribution in [0.3, 0.4) is 0 Å². The molecular weight excluding hydrogens is 142 g/mol. The largest absolute Gasteiger partial charge is 0.270 e. The summed E-state index contributed by atoms with van der Waals surface area (Å²) in [5.74, 6) is -0.215. The summed E-state index contributed by atoms with van der Waals surface area (Å²) in [6, 6.07) is 0. The van der Waals surface area contributed by atoms with Crippen molar-refractivity contribution >= 4 is 5.91 Å². The number of hydrogen-bond acceptors (Lipinski definition) is 2. The zero-order valence-corrected chi connectivity index (χ0v) is 7.26. The van der Waals surface area contributed by atoms with Crippen LogP contribution in [0.4, 0.5) is 0 Å². The molecule has 0 radical (unpaired) electrons. The summed E-state index contributed by atoms with van der Waals surface area (Å²) in [5.41, 5.74) is 2.31. The highest BCUT2D eigenvalue weighted by atomic mass is 16.7. The van der Waals surface area contributed by atoms with Crippen LogP contribution in [0.5, 0.6) is 0 Å². The second-order valence-electron chi connectivity index (χ2n) is 2.30. The normalized spacial score (nSPS) is 13.4. The maximum absolute atomic E-state index is 10.7. The SMILES string of the molecule is C/C=C/C(=O)NOC(C)CC. The van der Waals surface area contributed by atoms with Crippen molar-refractivity contribution in [2.24, 2.45) is 0 Å². The van der Waals surface area contributed by atoms with Gasteiger partial charge in [-0.2, -0.15) is 0 Å². The van der Waals surface area contributed by atoms with Crippen LogP contribution >= 0.6 is 0 Å². The summed E-state index contributed by atoms with van der Waals surface area (Å²) in [6.45, 7) is 5.67. The predicted molar refractivity (Wildman–Crippen MR) is 43.8 cm³/mol. The summed E-state index contributed by atoms with van der Waals surface area (Å²) in [5, 5.41) is 0. The van der Waals surface area contributed by atoms with Crippen LogP contribution in [-0.4, -0.2) is 12.0 Å². The minimum Gasteiger partial charge on any atom is -0.270 e. The molecule has 0 rings (SSSR count). The lowest BCUT2D eigenvalue weighted by molar-refractivity contribution is -0.132. The Kier molecular flexibility index (Phi) is 5.47. The fourth-order valence-corrected chi connectivity index (χ4v) is 0.427. The first-order chi connectivity index (χ1) is 5.20. The van der Waals surface area contributed by atoms with Gasteiger partial charge in [-0.15, -0.1) is 0 Å². The fourth-order valence-electron chi connectivity index (χ4n) is 0.427. The zero-order chi connectivity index (χ0) is 8.69. The van der Waals surface area contributed by atoms with Gasteiger partial charge in [0.05, 0.1) is 6.10 Å². The topological polar surface area (TPSA) is 38.3 Å². The van der Waals surface area contributed by atoms with E-state index in [1.165, 1.54) is 6.08 Å². The molecule has 0 bridgehead atoms. The third kappa shape index (κ3) is 5.61. The van der Waals surface area contributed by atoms with Gasteiger partial charge >= 0.3 is 0 Å². The molecule has 11 heavy (non-hydrogen) atoms. The van der Waals surface area contributed by atoms with E-state index in [1.807, 2.05) is 13.8 Å². The van der Waals surface area contributed by atoms with Gasteiger partial charge in [0, 0.05) is 6.08 Å². The highest BCUT2D eigenvalue weighted by molar-refractivity contribution is 5.86. The average Bonchev–Trinajstić information content (AvgIpc) is 2.01. The van der Waals surface area contributed by atoms with Crippen LogP contribution in [0.15, 0.2) is 12.2 Å². The summed E-state index contributed by atoms with van der Waals surface area (Å²) >= 11 is 0. The highest BCUT2D eigenvalue weighted by Crippen LogP contribution is 1.91. The number of amides is 1. The molecule has 0 saturated heterocycles. The molecule has 0 saturated carbocycles. The molecule has 0 fully saturated rings. The summed E-state index contributed by atoms with van der Waals surface area (Å²) in [4.78, 5) is 15.7. The molecular formula is C8H15NO2. The van der Waals surface area contributed by atoms with Crippen molar-refractivity contribution < 1.29 is 9.63 Å². The number of allylic oxidation sites excluding steroid dienone is 1. The lowest BCUT2D eigenvalue weighted by atomic mass is 10.3. The van der Waals surface area contributed by atoms with Crippen molar-refractivity contribution in [3.63, 3.8) is 0 Å². The predicted octanol–water partition coefficient (Wildman–Crippen LogP) is 1.41. The van der Waals surface area contributed by atoms with Gasteiger partial charge in [0.1, 0.15) is 0 Å². The Hall–Kier alpha value is -0.830. The van der Waals surface area contributed by atoms with Crippen LogP contribution in [0, 0.1) is 0 Å². The van der Waals surface area contributed by atoms with E-state index < -0.39 is 0 Å². The Morgan fingerprint density at radius 2 is 2.36 bits per heavy atom. The maximum atomic E-state index is 10.7. The van der Waals surface area contributed by atoms with Gasteiger partial charge < -0.3 is 0 Å². The number of rotatable bonds is 4. The minimum atomic E-state index is -0.215. The highest BCUT2D eigenvalue weighted by Gasteiger charge is 1.99. The molecule has 0 spiro atoms. The van der Waals surface area contributed by atoms with Crippen molar-refractivity contribution in [3.05, 3.63) is 12.2 Å². The lowest BCUT2D eigenvalue weighted by Crippen LogP contribution is -2.26. The van der Waals surface area contributed by atoms with Crippen molar-refractivity contribution in [3.8, 4) is 0 Å². The van der Waals surface area contributed by atoms with E-state index in [4.69, 9.17) is 4.84 Å². The Bertz CT molecular complexity index is 143. The second kappa shape index (κ2) is 5.92. The molecule has 3 nitrogen and oxygen atoms in total. The number of carbonyl (C=O) groups is 1. The van der Waals surface area contributed by atoms with Crippen LogP contribution in [0.1, 0.15) is 27.2 Å². The molecule has 0 aliphatic rings. The third-order valence-corrected chi connectivity index (χ3v) is 1.25. The molecule has 1 amide bonds. The molecule has 0 aromatic carbocycles. The van der Waals surface area contributed by atoms with Gasteiger partial charge in [0.25, 0.3) is 5.91 Å². The number of carbonyl (C=O) groups excluding carboxylic acids is 1. The van der Waals surface area contributed by atoms with Gasteiger partial charge in [-0.3, -0.25) is 9.63 Å². The molecule has 0 aliphatic heterocycles. The van der Waals surface area contributed by atoms with E-state index in [9.17, 15) is 4.79 Å².